The van der Waals surface area contributed by atoms with Crippen molar-refractivity contribution in [3.63, 3.8) is 0 Å². The van der Waals surface area contributed by atoms with E-state index in [2.05, 4.69) is 29.4 Å². The number of pyridine rings is 1. The molecule has 1 atom stereocenters. The summed E-state index contributed by atoms with van der Waals surface area (Å²) in [4.78, 5) is 4.25. The monoisotopic (exact) mass is 234 g/mol. The number of hydrogen-bond donors (Lipinski definition) is 1. The molecule has 0 aliphatic carbocycles. The first-order valence-corrected chi connectivity index (χ1v) is 6.09. The molecule has 0 spiro atoms. The Hall–Kier alpha value is -1.35. The summed E-state index contributed by atoms with van der Waals surface area (Å²) in [6, 6.07) is 4.43. The number of nitrogens with one attached hydrogen (secondary N) is 1. The molecule has 0 aliphatic rings. The first kappa shape index (κ1) is 13.7. The minimum absolute atomic E-state index is 0.147. The molecule has 1 aromatic rings. The highest BCUT2D eigenvalue weighted by Crippen LogP contribution is 2.17. The van der Waals surface area contributed by atoms with Gasteiger partial charge in [0.1, 0.15) is 0 Å². The second-order valence-corrected chi connectivity index (χ2v) is 4.39. The van der Waals surface area contributed by atoms with Gasteiger partial charge in [0.05, 0.1) is 6.10 Å². The Bertz CT molecular complexity index is 361. The van der Waals surface area contributed by atoms with Crippen molar-refractivity contribution >= 4 is 6.08 Å². The van der Waals surface area contributed by atoms with Crippen LogP contribution in [0.1, 0.15) is 32.8 Å². The van der Waals surface area contributed by atoms with E-state index in [1.165, 1.54) is 0 Å². The van der Waals surface area contributed by atoms with E-state index in [1.54, 1.807) is 6.20 Å². The van der Waals surface area contributed by atoms with E-state index in [0.717, 1.165) is 12.0 Å². The fraction of sp³-hybridized carbons (Fsp3) is 0.500. The Kier molecular flexibility index (Phi) is 5.70. The lowest BCUT2D eigenvalue weighted by Gasteiger charge is -2.11. The zero-order valence-electron chi connectivity index (χ0n) is 11.1. The average Bonchev–Trinajstić information content (AvgIpc) is 2.30. The van der Waals surface area contributed by atoms with Gasteiger partial charge in [0.15, 0.2) is 0 Å². The largest absolute Gasteiger partial charge is 0.475 e. The molecule has 1 aromatic heterocycles. The number of ether oxygens (including phenoxy) is 1. The molecule has 0 saturated carbocycles. The molecule has 17 heavy (non-hydrogen) atoms. The molecule has 0 radical (unpaired) electrons. The van der Waals surface area contributed by atoms with E-state index in [-0.39, 0.29) is 6.10 Å². The predicted octanol–water partition coefficient (Wildman–Crippen LogP) is 2.88. The van der Waals surface area contributed by atoms with Gasteiger partial charge >= 0.3 is 0 Å². The Morgan fingerprint density at radius 1 is 1.41 bits per heavy atom. The molecular formula is C14H22N2O. The summed E-state index contributed by atoms with van der Waals surface area (Å²) in [5.74, 6) is 0.705. The number of nitrogens with zero attached hydrogens (tertiary/aromatic N) is 1. The SMILES string of the molecule is CN[C@@H](C)CC=Cc1cccnc1OC(C)C. The van der Waals surface area contributed by atoms with E-state index < -0.39 is 0 Å². The molecule has 1 N–H and O–H groups in total. The van der Waals surface area contributed by atoms with Crippen molar-refractivity contribution in [3.05, 3.63) is 30.0 Å². The van der Waals surface area contributed by atoms with Gasteiger partial charge in [-0.2, -0.15) is 0 Å². The molecule has 1 heterocycles. The molecule has 94 valence electrons. The molecule has 0 saturated heterocycles. The highest BCUT2D eigenvalue weighted by atomic mass is 16.5. The van der Waals surface area contributed by atoms with Gasteiger partial charge in [-0.3, -0.25) is 0 Å². The Balaban J connectivity index is 2.69. The normalized spacial score (nSPS) is 13.2. The maximum absolute atomic E-state index is 5.65. The first-order chi connectivity index (χ1) is 8.13. The van der Waals surface area contributed by atoms with Gasteiger partial charge < -0.3 is 10.1 Å². The van der Waals surface area contributed by atoms with Crippen molar-refractivity contribution in [2.45, 2.75) is 39.3 Å². The topological polar surface area (TPSA) is 34.2 Å². The van der Waals surface area contributed by atoms with Crippen molar-refractivity contribution in [1.29, 1.82) is 0 Å². The van der Waals surface area contributed by atoms with Crippen molar-refractivity contribution in [2.75, 3.05) is 7.05 Å². The lowest BCUT2D eigenvalue weighted by molar-refractivity contribution is 0.232. The van der Waals surface area contributed by atoms with Crippen LogP contribution in [0.4, 0.5) is 0 Å². The molecule has 0 fully saturated rings. The van der Waals surface area contributed by atoms with Crippen LogP contribution in [0.5, 0.6) is 5.88 Å². The number of hydrogen-bond acceptors (Lipinski definition) is 3. The van der Waals surface area contributed by atoms with Gasteiger partial charge in [-0.05, 0) is 46.4 Å². The van der Waals surface area contributed by atoms with Crippen molar-refractivity contribution in [1.82, 2.24) is 10.3 Å². The van der Waals surface area contributed by atoms with Crippen molar-refractivity contribution in [2.24, 2.45) is 0 Å². The van der Waals surface area contributed by atoms with E-state index in [0.29, 0.717) is 11.9 Å². The first-order valence-electron chi connectivity index (χ1n) is 6.09. The Labute approximate surface area is 104 Å². The lowest BCUT2D eigenvalue weighted by atomic mass is 10.2. The summed E-state index contributed by atoms with van der Waals surface area (Å²) >= 11 is 0. The fourth-order valence-electron chi connectivity index (χ4n) is 1.37. The minimum Gasteiger partial charge on any atom is -0.475 e. The van der Waals surface area contributed by atoms with E-state index in [9.17, 15) is 0 Å². The Morgan fingerprint density at radius 3 is 2.82 bits per heavy atom. The van der Waals surface area contributed by atoms with Crippen molar-refractivity contribution < 1.29 is 4.74 Å². The molecule has 0 unspecified atom stereocenters. The molecule has 0 aliphatic heterocycles. The van der Waals surface area contributed by atoms with Gasteiger partial charge in [-0.25, -0.2) is 4.98 Å². The van der Waals surface area contributed by atoms with Crippen LogP contribution in [0.15, 0.2) is 24.4 Å². The smallest absolute Gasteiger partial charge is 0.220 e. The standard InChI is InChI=1S/C14H22N2O/c1-11(2)17-14-13(9-6-10-16-14)8-5-7-12(3)15-4/h5-6,8-12,15H,7H2,1-4H3/t12-/m0/s1. The maximum Gasteiger partial charge on any atom is 0.220 e. The van der Waals surface area contributed by atoms with Crippen molar-refractivity contribution in [3.8, 4) is 5.88 Å². The summed E-state index contributed by atoms with van der Waals surface area (Å²) < 4.78 is 5.65. The summed E-state index contributed by atoms with van der Waals surface area (Å²) in [7, 11) is 1.97. The molecule has 3 heteroatoms. The van der Waals surface area contributed by atoms with Gasteiger partial charge in [0, 0.05) is 17.8 Å². The van der Waals surface area contributed by atoms with E-state index in [1.807, 2.05) is 33.0 Å². The zero-order valence-corrected chi connectivity index (χ0v) is 11.1. The van der Waals surface area contributed by atoms with Crippen LogP contribution in [0.3, 0.4) is 0 Å². The third kappa shape index (κ3) is 5.00. The van der Waals surface area contributed by atoms with Crippen LogP contribution >= 0.6 is 0 Å². The van der Waals surface area contributed by atoms with Crippen LogP contribution in [-0.2, 0) is 0 Å². The average molecular weight is 234 g/mol. The molecule has 0 amide bonds. The van der Waals surface area contributed by atoms with E-state index >= 15 is 0 Å². The molecule has 0 bridgehead atoms. The maximum atomic E-state index is 5.65. The zero-order chi connectivity index (χ0) is 12.7. The van der Waals surface area contributed by atoms with Crippen LogP contribution in [-0.4, -0.2) is 24.2 Å². The van der Waals surface area contributed by atoms with Crippen LogP contribution in [0, 0.1) is 0 Å². The Morgan fingerprint density at radius 2 is 2.18 bits per heavy atom. The highest BCUT2D eigenvalue weighted by Gasteiger charge is 2.03. The van der Waals surface area contributed by atoms with Crippen LogP contribution < -0.4 is 10.1 Å². The van der Waals surface area contributed by atoms with Gasteiger partial charge in [0.2, 0.25) is 5.88 Å². The number of rotatable bonds is 6. The second kappa shape index (κ2) is 7.07. The third-order valence-electron chi connectivity index (χ3n) is 2.43. The predicted molar refractivity (Wildman–Crippen MR) is 72.2 cm³/mol. The summed E-state index contributed by atoms with van der Waals surface area (Å²) in [6.07, 6.45) is 7.11. The third-order valence-corrected chi connectivity index (χ3v) is 2.43. The second-order valence-electron chi connectivity index (χ2n) is 4.39. The summed E-state index contributed by atoms with van der Waals surface area (Å²) in [6.45, 7) is 6.16. The summed E-state index contributed by atoms with van der Waals surface area (Å²) in [5.41, 5.74) is 1.03. The quantitative estimate of drug-likeness (QED) is 0.821. The van der Waals surface area contributed by atoms with Crippen LogP contribution in [0.2, 0.25) is 0 Å². The van der Waals surface area contributed by atoms with Gasteiger partial charge in [-0.15, -0.1) is 0 Å². The summed E-state index contributed by atoms with van der Waals surface area (Å²) in [5, 5.41) is 3.20. The molecule has 1 rings (SSSR count). The number of aromatic nitrogens is 1. The van der Waals surface area contributed by atoms with Gasteiger partial charge in [-0.1, -0.05) is 12.2 Å². The van der Waals surface area contributed by atoms with E-state index in [4.69, 9.17) is 4.74 Å². The molecule has 3 nitrogen and oxygen atoms in total. The fourth-order valence-corrected chi connectivity index (χ4v) is 1.37. The lowest BCUT2D eigenvalue weighted by Crippen LogP contribution is -2.19. The van der Waals surface area contributed by atoms with Gasteiger partial charge in [0.25, 0.3) is 0 Å². The minimum atomic E-state index is 0.147. The highest BCUT2D eigenvalue weighted by molar-refractivity contribution is 5.54. The molecule has 0 aromatic carbocycles. The molecular weight excluding hydrogens is 212 g/mol. The van der Waals surface area contributed by atoms with Crippen LogP contribution in [0.25, 0.3) is 6.08 Å².